The molecule has 0 bridgehead atoms. The van der Waals surface area contributed by atoms with E-state index in [1.165, 1.54) is 12.8 Å². The molecule has 19 heavy (non-hydrogen) atoms. The second-order valence-electron chi connectivity index (χ2n) is 5.98. The van der Waals surface area contributed by atoms with Gasteiger partial charge in [0.05, 0.1) is 5.56 Å². The lowest BCUT2D eigenvalue weighted by Crippen LogP contribution is -2.36. The van der Waals surface area contributed by atoms with Crippen molar-refractivity contribution in [2.75, 3.05) is 0 Å². The maximum atomic E-state index is 8.77. The van der Waals surface area contributed by atoms with Gasteiger partial charge in [0, 0.05) is 12.3 Å². The summed E-state index contributed by atoms with van der Waals surface area (Å²) in [6, 6.07) is 5.64. The molecular formula is C16H22N2O. The molecule has 1 aliphatic carbocycles. The molecule has 1 heterocycles. The summed E-state index contributed by atoms with van der Waals surface area (Å²) in [4.78, 5) is 4.22. The van der Waals surface area contributed by atoms with Gasteiger partial charge in [0.15, 0.2) is 0 Å². The summed E-state index contributed by atoms with van der Waals surface area (Å²) in [5.41, 5.74) is 0.574. The second kappa shape index (κ2) is 6.06. The predicted octanol–water partition coefficient (Wildman–Crippen LogP) is 3.79. The largest absolute Gasteiger partial charge is 0.474 e. The average Bonchev–Trinajstić information content (AvgIpc) is 2.39. The molecule has 0 N–H and O–H groups in total. The highest BCUT2D eigenvalue weighted by atomic mass is 16.5. The molecule has 0 aromatic carbocycles. The minimum atomic E-state index is 0.254. The Morgan fingerprint density at radius 1 is 1.37 bits per heavy atom. The van der Waals surface area contributed by atoms with Crippen LogP contribution in [0, 0.1) is 29.1 Å². The van der Waals surface area contributed by atoms with Crippen LogP contribution in [-0.4, -0.2) is 11.1 Å². The monoisotopic (exact) mass is 258 g/mol. The lowest BCUT2D eigenvalue weighted by Gasteiger charge is -2.36. The number of nitrogens with zero attached hydrogens (tertiary/aromatic N) is 2. The lowest BCUT2D eigenvalue weighted by atomic mass is 9.75. The molecule has 3 unspecified atom stereocenters. The maximum absolute atomic E-state index is 8.77. The quantitative estimate of drug-likeness (QED) is 0.828. The molecule has 2 rings (SSSR count). The minimum absolute atomic E-state index is 0.254. The molecule has 1 aromatic heterocycles. The zero-order valence-electron chi connectivity index (χ0n) is 12.0. The van der Waals surface area contributed by atoms with Gasteiger partial charge in [-0.05, 0) is 36.7 Å². The van der Waals surface area contributed by atoms with Crippen molar-refractivity contribution in [3.05, 3.63) is 23.9 Å². The van der Waals surface area contributed by atoms with E-state index in [9.17, 15) is 0 Å². The number of pyridine rings is 1. The Labute approximate surface area is 115 Å². The van der Waals surface area contributed by atoms with Crippen LogP contribution in [0.15, 0.2) is 18.3 Å². The van der Waals surface area contributed by atoms with Crippen LogP contribution in [0.1, 0.15) is 45.6 Å². The topological polar surface area (TPSA) is 45.9 Å². The summed E-state index contributed by atoms with van der Waals surface area (Å²) in [6.45, 7) is 6.82. The smallest absolute Gasteiger partial charge is 0.213 e. The second-order valence-corrected chi connectivity index (χ2v) is 5.98. The molecule has 0 amide bonds. The Bertz CT molecular complexity index is 447. The number of hydrogen-bond acceptors (Lipinski definition) is 3. The van der Waals surface area contributed by atoms with E-state index >= 15 is 0 Å². The third kappa shape index (κ3) is 3.47. The Hall–Kier alpha value is -1.56. The van der Waals surface area contributed by atoms with Gasteiger partial charge in [0.25, 0.3) is 0 Å². The SMILES string of the molecule is CC1CCC(C(C)C)C(Oc2ccc(C#N)cn2)C1. The van der Waals surface area contributed by atoms with Gasteiger partial charge in [-0.2, -0.15) is 5.26 Å². The number of ether oxygens (including phenoxy) is 1. The van der Waals surface area contributed by atoms with Crippen LogP contribution in [0.5, 0.6) is 5.88 Å². The van der Waals surface area contributed by atoms with E-state index in [4.69, 9.17) is 10.00 Å². The first-order chi connectivity index (χ1) is 9.10. The van der Waals surface area contributed by atoms with Crippen molar-refractivity contribution >= 4 is 0 Å². The van der Waals surface area contributed by atoms with Crippen LogP contribution >= 0.6 is 0 Å². The highest BCUT2D eigenvalue weighted by molar-refractivity contribution is 5.28. The molecule has 1 fully saturated rings. The van der Waals surface area contributed by atoms with Gasteiger partial charge in [-0.3, -0.25) is 0 Å². The van der Waals surface area contributed by atoms with Crippen LogP contribution < -0.4 is 4.74 Å². The summed E-state index contributed by atoms with van der Waals surface area (Å²) >= 11 is 0. The van der Waals surface area contributed by atoms with Crippen LogP contribution in [0.2, 0.25) is 0 Å². The van der Waals surface area contributed by atoms with E-state index < -0.39 is 0 Å². The number of nitriles is 1. The predicted molar refractivity (Wildman–Crippen MR) is 74.7 cm³/mol. The first-order valence-corrected chi connectivity index (χ1v) is 7.13. The number of aromatic nitrogens is 1. The highest BCUT2D eigenvalue weighted by Crippen LogP contribution is 2.35. The first-order valence-electron chi connectivity index (χ1n) is 7.13. The molecule has 1 saturated carbocycles. The molecular weight excluding hydrogens is 236 g/mol. The molecule has 1 aromatic rings. The summed E-state index contributed by atoms with van der Waals surface area (Å²) < 4.78 is 6.08. The summed E-state index contributed by atoms with van der Waals surface area (Å²) in [7, 11) is 0. The number of rotatable bonds is 3. The van der Waals surface area contributed by atoms with E-state index in [2.05, 4.69) is 31.8 Å². The molecule has 3 heteroatoms. The van der Waals surface area contributed by atoms with E-state index in [1.54, 1.807) is 18.3 Å². The lowest BCUT2D eigenvalue weighted by molar-refractivity contribution is 0.0426. The minimum Gasteiger partial charge on any atom is -0.474 e. The third-order valence-electron chi connectivity index (χ3n) is 4.10. The first kappa shape index (κ1) is 13.9. The Balaban J connectivity index is 2.07. The van der Waals surface area contributed by atoms with Gasteiger partial charge in [0.1, 0.15) is 12.2 Å². The normalized spacial score (nSPS) is 27.0. The van der Waals surface area contributed by atoms with Crippen LogP contribution in [0.25, 0.3) is 0 Å². The van der Waals surface area contributed by atoms with Crippen molar-refractivity contribution in [1.82, 2.24) is 4.98 Å². The van der Waals surface area contributed by atoms with Crippen molar-refractivity contribution in [3.63, 3.8) is 0 Å². The standard InChI is InChI=1S/C16H22N2O/c1-11(2)14-6-4-12(3)8-15(14)19-16-7-5-13(9-17)10-18-16/h5,7,10-12,14-15H,4,6,8H2,1-3H3. The van der Waals surface area contributed by atoms with E-state index in [1.807, 2.05) is 0 Å². The third-order valence-corrected chi connectivity index (χ3v) is 4.10. The zero-order chi connectivity index (χ0) is 13.8. The molecule has 0 aliphatic heterocycles. The van der Waals surface area contributed by atoms with Gasteiger partial charge < -0.3 is 4.74 Å². The van der Waals surface area contributed by atoms with Gasteiger partial charge in [-0.15, -0.1) is 0 Å². The Morgan fingerprint density at radius 3 is 2.74 bits per heavy atom. The Morgan fingerprint density at radius 2 is 2.16 bits per heavy atom. The maximum Gasteiger partial charge on any atom is 0.213 e. The van der Waals surface area contributed by atoms with Gasteiger partial charge in [-0.1, -0.05) is 27.2 Å². The summed E-state index contributed by atoms with van der Waals surface area (Å²) in [5, 5.41) is 8.77. The van der Waals surface area contributed by atoms with Gasteiger partial charge >= 0.3 is 0 Å². The molecule has 102 valence electrons. The highest BCUT2D eigenvalue weighted by Gasteiger charge is 2.32. The fraction of sp³-hybridized carbons (Fsp3) is 0.625. The number of hydrogen-bond donors (Lipinski definition) is 0. The van der Waals surface area contributed by atoms with Crippen molar-refractivity contribution in [1.29, 1.82) is 5.26 Å². The molecule has 3 nitrogen and oxygen atoms in total. The van der Waals surface area contributed by atoms with Crippen molar-refractivity contribution < 1.29 is 4.74 Å². The fourth-order valence-electron chi connectivity index (χ4n) is 2.92. The van der Waals surface area contributed by atoms with Crippen LogP contribution in [0.4, 0.5) is 0 Å². The van der Waals surface area contributed by atoms with Gasteiger partial charge in [-0.25, -0.2) is 4.98 Å². The van der Waals surface area contributed by atoms with E-state index in [0.29, 0.717) is 23.3 Å². The van der Waals surface area contributed by atoms with Crippen molar-refractivity contribution in [2.45, 2.75) is 46.1 Å². The van der Waals surface area contributed by atoms with Crippen molar-refractivity contribution in [2.24, 2.45) is 17.8 Å². The molecule has 0 saturated heterocycles. The average molecular weight is 258 g/mol. The van der Waals surface area contributed by atoms with E-state index in [-0.39, 0.29) is 6.10 Å². The van der Waals surface area contributed by atoms with Gasteiger partial charge in [0.2, 0.25) is 5.88 Å². The van der Waals surface area contributed by atoms with Crippen LogP contribution in [0.3, 0.4) is 0 Å². The van der Waals surface area contributed by atoms with E-state index in [0.717, 1.165) is 12.3 Å². The van der Waals surface area contributed by atoms with Crippen LogP contribution in [-0.2, 0) is 0 Å². The summed E-state index contributed by atoms with van der Waals surface area (Å²) in [6.07, 6.45) is 5.46. The van der Waals surface area contributed by atoms with Crippen molar-refractivity contribution in [3.8, 4) is 11.9 Å². The Kier molecular flexibility index (Phi) is 4.42. The molecule has 3 atom stereocenters. The molecule has 0 radical (unpaired) electrons. The molecule has 0 spiro atoms. The zero-order valence-corrected chi connectivity index (χ0v) is 12.0. The molecule has 1 aliphatic rings. The fourth-order valence-corrected chi connectivity index (χ4v) is 2.92. The summed E-state index contributed by atoms with van der Waals surface area (Å²) in [5.74, 6) is 2.60.